The van der Waals surface area contributed by atoms with E-state index in [0.717, 1.165) is 0 Å². The number of nitrogen functional groups attached to an aromatic ring is 1. The number of fused-ring (bicyclic) bond motifs is 1. The van der Waals surface area contributed by atoms with Crippen LogP contribution in [0.4, 0.5) is 5.82 Å². The zero-order chi connectivity index (χ0) is 25.1. The van der Waals surface area contributed by atoms with Gasteiger partial charge >= 0.3 is 5.97 Å². The van der Waals surface area contributed by atoms with Crippen LogP contribution in [0.15, 0.2) is 39.8 Å². The van der Waals surface area contributed by atoms with Crippen molar-refractivity contribution in [2.75, 3.05) is 23.8 Å². The smallest absolute Gasteiger partial charge is 0.352 e. The number of carbonyl (C=O) groups is 3. The molecule has 2 amide bonds. The number of oxime groups is 1. The Kier molecular flexibility index (Phi) is 7.20. The first-order valence-corrected chi connectivity index (χ1v) is 12.3. The van der Waals surface area contributed by atoms with Gasteiger partial charge in [0.05, 0.1) is 0 Å². The molecule has 0 radical (unpaired) electrons. The van der Waals surface area contributed by atoms with Gasteiger partial charge in [-0.2, -0.15) is 0 Å². The molecule has 1 saturated heterocycles. The van der Waals surface area contributed by atoms with E-state index in [-0.39, 0.29) is 29.5 Å². The monoisotopic (exact) mass is 519 g/mol. The molecule has 35 heavy (non-hydrogen) atoms. The number of aromatic nitrogens is 5. The molecule has 4 N–H and O–H groups in total. The Bertz CT molecular complexity index is 1230. The summed E-state index contributed by atoms with van der Waals surface area (Å²) in [7, 11) is 1.68. The van der Waals surface area contributed by atoms with Crippen LogP contribution in [0.2, 0.25) is 0 Å². The number of β-lactam (4-membered cyclic amide) rings is 1. The van der Waals surface area contributed by atoms with Gasteiger partial charge in [-0.1, -0.05) is 23.0 Å². The molecule has 0 aromatic carbocycles. The standard InChI is InChI=1S/C19H21N9O5S2/c1-3-33-24-12(10-5-4-6-11(20)21-10)15(29)22-13-16(30)28-14(18(31)32)9(7-34-17(13)28)8-35-19-23-25-26-27(19)2/h4-6,13,17H,3,7-8H2,1-2H3,(H2,20,21)(H,22,29)(H,31,32)/b24-12+/t13?,17-/m1/s1. The van der Waals surface area contributed by atoms with E-state index in [1.54, 1.807) is 32.2 Å². The maximum Gasteiger partial charge on any atom is 0.352 e. The van der Waals surface area contributed by atoms with E-state index in [0.29, 0.717) is 22.2 Å². The number of carboxylic acid groups (broad SMARTS) is 1. The summed E-state index contributed by atoms with van der Waals surface area (Å²) >= 11 is 2.63. The van der Waals surface area contributed by atoms with Gasteiger partial charge in [0.1, 0.15) is 35.2 Å². The Balaban J connectivity index is 1.51. The summed E-state index contributed by atoms with van der Waals surface area (Å²) in [5.41, 5.74) is 6.22. The van der Waals surface area contributed by atoms with Gasteiger partial charge in [-0.25, -0.2) is 14.5 Å². The fraction of sp³-hybridized carbons (Fsp3) is 0.368. The number of hydrogen-bond donors (Lipinski definition) is 3. The number of hydrogen-bond acceptors (Lipinski definition) is 12. The molecule has 2 atom stereocenters. The quantitative estimate of drug-likeness (QED) is 0.166. The summed E-state index contributed by atoms with van der Waals surface area (Å²) in [5, 5.41) is 27.4. The second-order valence-electron chi connectivity index (χ2n) is 7.30. The van der Waals surface area contributed by atoms with Crippen LogP contribution in [0.25, 0.3) is 0 Å². The van der Waals surface area contributed by atoms with Gasteiger partial charge in [-0.3, -0.25) is 14.5 Å². The SMILES string of the molecule is CCO/N=C(/C(=O)NC1C(=O)N2C(C(=O)O)=C(CSc3nnnn3C)CS[C@H]12)c1cccc(N)n1. The van der Waals surface area contributed by atoms with Crippen molar-refractivity contribution in [2.45, 2.75) is 23.5 Å². The van der Waals surface area contributed by atoms with Gasteiger partial charge in [0, 0.05) is 18.6 Å². The molecule has 16 heteroatoms. The number of amides is 2. The van der Waals surface area contributed by atoms with Crippen LogP contribution in [0, 0.1) is 0 Å². The minimum atomic E-state index is -1.22. The number of anilines is 1. The van der Waals surface area contributed by atoms with Crippen LogP contribution in [0.5, 0.6) is 0 Å². The van der Waals surface area contributed by atoms with Gasteiger partial charge in [-0.15, -0.1) is 16.9 Å². The highest BCUT2D eigenvalue weighted by molar-refractivity contribution is 8.01. The highest BCUT2D eigenvalue weighted by Gasteiger charge is 2.54. The van der Waals surface area contributed by atoms with Crippen LogP contribution in [-0.4, -0.2) is 88.2 Å². The predicted molar refractivity (Wildman–Crippen MR) is 126 cm³/mol. The number of carbonyl (C=O) groups excluding carboxylic acids is 2. The molecule has 1 fully saturated rings. The fourth-order valence-corrected chi connectivity index (χ4v) is 5.75. The van der Waals surface area contributed by atoms with E-state index in [1.807, 2.05) is 0 Å². The van der Waals surface area contributed by atoms with Crippen molar-refractivity contribution in [3.8, 4) is 0 Å². The lowest BCUT2D eigenvalue weighted by Crippen LogP contribution is -2.71. The molecule has 184 valence electrons. The average Bonchev–Trinajstić information content (AvgIpc) is 3.25. The predicted octanol–water partition coefficient (Wildman–Crippen LogP) is -0.541. The number of nitrogens with one attached hydrogen (secondary N) is 1. The van der Waals surface area contributed by atoms with Gasteiger partial charge < -0.3 is 21.0 Å². The normalized spacial score (nSPS) is 19.8. The summed E-state index contributed by atoms with van der Waals surface area (Å²) < 4.78 is 1.47. The summed E-state index contributed by atoms with van der Waals surface area (Å²) in [6, 6.07) is 3.77. The van der Waals surface area contributed by atoms with Gasteiger partial charge in [0.2, 0.25) is 5.16 Å². The van der Waals surface area contributed by atoms with E-state index in [9.17, 15) is 19.5 Å². The number of nitrogens with two attached hydrogens (primary N) is 1. The maximum absolute atomic E-state index is 13.0. The maximum atomic E-state index is 13.0. The second-order valence-corrected chi connectivity index (χ2v) is 9.34. The number of thioether (sulfide) groups is 2. The second kappa shape index (κ2) is 10.3. The van der Waals surface area contributed by atoms with Crippen molar-refractivity contribution in [1.82, 2.24) is 35.4 Å². The highest BCUT2D eigenvalue weighted by atomic mass is 32.2. The highest BCUT2D eigenvalue weighted by Crippen LogP contribution is 2.41. The van der Waals surface area contributed by atoms with Crippen LogP contribution in [-0.2, 0) is 26.3 Å². The largest absolute Gasteiger partial charge is 0.477 e. The third-order valence-corrected chi connectivity index (χ3v) is 7.44. The summed E-state index contributed by atoms with van der Waals surface area (Å²) in [4.78, 5) is 48.3. The van der Waals surface area contributed by atoms with Crippen LogP contribution < -0.4 is 11.1 Å². The molecule has 0 bridgehead atoms. The van der Waals surface area contributed by atoms with Gasteiger partial charge in [0.15, 0.2) is 5.71 Å². The Hall–Kier alpha value is -3.66. The molecule has 4 heterocycles. The van der Waals surface area contributed by atoms with E-state index in [2.05, 4.69) is 31.0 Å². The van der Waals surface area contributed by atoms with Gasteiger partial charge in [-0.05, 0) is 35.1 Å². The number of aryl methyl sites for hydroxylation is 1. The number of pyridine rings is 1. The number of carboxylic acids is 1. The Morgan fingerprint density at radius 3 is 2.89 bits per heavy atom. The molecule has 14 nitrogen and oxygen atoms in total. The Morgan fingerprint density at radius 2 is 2.23 bits per heavy atom. The lowest BCUT2D eigenvalue weighted by Gasteiger charge is -2.49. The molecular weight excluding hydrogens is 498 g/mol. The minimum Gasteiger partial charge on any atom is -0.477 e. The lowest BCUT2D eigenvalue weighted by atomic mass is 10.0. The van der Waals surface area contributed by atoms with Crippen LogP contribution in [0.3, 0.4) is 0 Å². The molecule has 2 aliphatic rings. The number of rotatable bonds is 9. The van der Waals surface area contributed by atoms with E-state index < -0.39 is 29.2 Å². The third-order valence-electron chi connectivity index (χ3n) is 5.01. The summed E-state index contributed by atoms with van der Waals surface area (Å²) in [5.74, 6) is -1.60. The zero-order valence-corrected chi connectivity index (χ0v) is 20.2. The molecule has 2 aromatic heterocycles. The average molecular weight is 520 g/mol. The van der Waals surface area contributed by atoms with Crippen molar-refractivity contribution in [3.63, 3.8) is 0 Å². The van der Waals surface area contributed by atoms with E-state index >= 15 is 0 Å². The van der Waals surface area contributed by atoms with E-state index in [1.165, 1.54) is 33.1 Å². The fourth-order valence-electron chi connectivity index (χ4n) is 3.42. The van der Waals surface area contributed by atoms with Crippen molar-refractivity contribution in [1.29, 1.82) is 0 Å². The first-order valence-electron chi connectivity index (χ1n) is 10.3. The number of aliphatic carboxylic acids is 1. The van der Waals surface area contributed by atoms with Crippen molar-refractivity contribution in [3.05, 3.63) is 35.2 Å². The Morgan fingerprint density at radius 1 is 1.43 bits per heavy atom. The lowest BCUT2D eigenvalue weighted by molar-refractivity contribution is -0.150. The minimum absolute atomic E-state index is 0.0902. The third kappa shape index (κ3) is 4.93. The van der Waals surface area contributed by atoms with Crippen LogP contribution in [0.1, 0.15) is 12.6 Å². The molecule has 2 aromatic rings. The van der Waals surface area contributed by atoms with Crippen molar-refractivity contribution >= 4 is 52.8 Å². The first-order chi connectivity index (χ1) is 16.8. The van der Waals surface area contributed by atoms with Gasteiger partial charge in [0.25, 0.3) is 11.8 Å². The molecular formula is C19H21N9O5S2. The number of nitrogens with zero attached hydrogens (tertiary/aromatic N) is 7. The molecule has 4 rings (SSSR count). The Labute approximate surface area is 207 Å². The van der Waals surface area contributed by atoms with Crippen molar-refractivity contribution < 1.29 is 24.3 Å². The topological polar surface area (TPSA) is 191 Å². The summed E-state index contributed by atoms with van der Waals surface area (Å²) in [6.45, 7) is 1.92. The molecule has 0 spiro atoms. The van der Waals surface area contributed by atoms with Crippen molar-refractivity contribution in [2.24, 2.45) is 12.2 Å². The number of tetrazole rings is 1. The molecule has 0 saturated carbocycles. The molecule has 1 unspecified atom stereocenters. The first kappa shape index (κ1) is 24.5. The van der Waals surface area contributed by atoms with E-state index in [4.69, 9.17) is 10.6 Å². The zero-order valence-electron chi connectivity index (χ0n) is 18.6. The van der Waals surface area contributed by atoms with Crippen LogP contribution >= 0.6 is 23.5 Å². The molecule has 0 aliphatic carbocycles. The molecule has 2 aliphatic heterocycles. The summed E-state index contributed by atoms with van der Waals surface area (Å²) in [6.07, 6.45) is 0.